The van der Waals surface area contributed by atoms with Crippen molar-refractivity contribution in [2.75, 3.05) is 6.61 Å². The third kappa shape index (κ3) is 3.28. The third-order valence-electron chi connectivity index (χ3n) is 4.16. The van der Waals surface area contributed by atoms with Crippen LogP contribution in [0.3, 0.4) is 0 Å². The number of phenols is 1. The smallest absolute Gasteiger partial charge is 0.349 e. The number of fused-ring (bicyclic) bond motifs is 1. The highest BCUT2D eigenvalue weighted by molar-refractivity contribution is 5.97. The van der Waals surface area contributed by atoms with Crippen LogP contribution in [0.25, 0.3) is 11.0 Å². The number of aliphatic hydroxyl groups is 4. The Hall–Kier alpha value is -2.50. The third-order valence-corrected chi connectivity index (χ3v) is 4.16. The van der Waals surface area contributed by atoms with E-state index < -0.39 is 54.3 Å². The predicted octanol–water partition coefficient (Wildman–Crippen LogP) is -1.97. The van der Waals surface area contributed by atoms with E-state index in [9.17, 15) is 30.0 Å². The minimum absolute atomic E-state index is 0.0776. The molecule has 1 aromatic heterocycles. The predicted molar refractivity (Wildman–Crippen MR) is 85.4 cm³/mol. The maximum absolute atomic E-state index is 12.4. The van der Waals surface area contributed by atoms with Crippen LogP contribution in [0.5, 0.6) is 5.75 Å². The summed E-state index contributed by atoms with van der Waals surface area (Å²) < 4.78 is 9.91. The second-order valence-electron chi connectivity index (χ2n) is 5.90. The molecule has 0 bridgehead atoms. The average Bonchev–Trinajstić information content (AvgIpc) is 2.60. The van der Waals surface area contributed by atoms with Crippen LogP contribution < -0.4 is 10.9 Å². The zero-order valence-corrected chi connectivity index (χ0v) is 13.3. The number of amides is 1. The Labute approximate surface area is 145 Å². The highest BCUT2D eigenvalue weighted by atomic mass is 16.6. The van der Waals surface area contributed by atoms with Crippen molar-refractivity contribution in [1.82, 2.24) is 5.32 Å². The second kappa shape index (κ2) is 7.02. The summed E-state index contributed by atoms with van der Waals surface area (Å²) in [6.07, 6.45) is -6.11. The molecule has 1 amide bonds. The number of carbonyl (C=O) groups excluding carboxylic acids is 1. The Kier molecular flexibility index (Phi) is 4.94. The summed E-state index contributed by atoms with van der Waals surface area (Å²) in [7, 11) is 0. The number of carbonyl (C=O) groups is 1. The lowest BCUT2D eigenvalue weighted by Crippen LogP contribution is -2.64. The fourth-order valence-electron chi connectivity index (χ4n) is 2.74. The molecule has 1 fully saturated rings. The van der Waals surface area contributed by atoms with Crippen molar-refractivity contribution in [2.24, 2.45) is 0 Å². The van der Waals surface area contributed by atoms with Crippen molar-refractivity contribution in [2.45, 2.75) is 30.6 Å². The molecule has 1 aliphatic rings. The molecule has 1 aliphatic heterocycles. The van der Waals surface area contributed by atoms with Crippen LogP contribution in [-0.4, -0.2) is 68.7 Å². The molecule has 0 saturated carbocycles. The van der Waals surface area contributed by atoms with Crippen molar-refractivity contribution >= 4 is 16.9 Å². The van der Waals surface area contributed by atoms with Gasteiger partial charge in [-0.1, -0.05) is 0 Å². The summed E-state index contributed by atoms with van der Waals surface area (Å²) in [6, 6.07) is 3.79. The maximum Gasteiger partial charge on any atom is 0.349 e. The van der Waals surface area contributed by atoms with Crippen LogP contribution >= 0.6 is 0 Å². The zero-order valence-electron chi connectivity index (χ0n) is 13.3. The Bertz CT molecular complexity index is 880. The van der Waals surface area contributed by atoms with Crippen LogP contribution in [0, 0.1) is 0 Å². The first-order valence-electron chi connectivity index (χ1n) is 7.70. The van der Waals surface area contributed by atoms with Crippen LogP contribution in [-0.2, 0) is 4.74 Å². The summed E-state index contributed by atoms with van der Waals surface area (Å²) in [5.41, 5.74) is -1.31. The van der Waals surface area contributed by atoms with Crippen LogP contribution in [0.1, 0.15) is 10.4 Å². The Morgan fingerprint density at radius 3 is 2.58 bits per heavy atom. The molecular formula is C16H17NO9. The zero-order chi connectivity index (χ0) is 19.0. The summed E-state index contributed by atoms with van der Waals surface area (Å²) in [6.45, 7) is -0.642. The number of hydrogen-bond acceptors (Lipinski definition) is 9. The van der Waals surface area contributed by atoms with Gasteiger partial charge in [-0.2, -0.15) is 0 Å². The van der Waals surface area contributed by atoms with Crippen LogP contribution in [0.15, 0.2) is 33.5 Å². The van der Waals surface area contributed by atoms with Gasteiger partial charge in [0.05, 0.1) is 6.61 Å². The van der Waals surface area contributed by atoms with Crippen LogP contribution in [0.4, 0.5) is 0 Å². The molecule has 140 valence electrons. The van der Waals surface area contributed by atoms with Gasteiger partial charge in [0, 0.05) is 11.5 Å². The molecule has 1 saturated heterocycles. The number of hydrogen-bond donors (Lipinski definition) is 6. The molecule has 26 heavy (non-hydrogen) atoms. The van der Waals surface area contributed by atoms with Gasteiger partial charge in [-0.25, -0.2) is 4.79 Å². The van der Waals surface area contributed by atoms with E-state index in [2.05, 4.69) is 5.32 Å². The summed E-state index contributed by atoms with van der Waals surface area (Å²) in [5.74, 6) is -1.08. The molecule has 10 nitrogen and oxygen atoms in total. The number of nitrogens with one attached hydrogen (secondary N) is 1. The SMILES string of the molecule is O=C(NC1C(O)OC(CO)[C@@H](O)[C@@H]1O)c1cc2ccc(O)cc2oc1=O. The minimum atomic E-state index is -1.71. The van der Waals surface area contributed by atoms with Gasteiger partial charge >= 0.3 is 5.63 Å². The van der Waals surface area contributed by atoms with E-state index in [1.165, 1.54) is 24.3 Å². The summed E-state index contributed by atoms with van der Waals surface area (Å²) >= 11 is 0. The van der Waals surface area contributed by atoms with Gasteiger partial charge in [-0.15, -0.1) is 0 Å². The first-order valence-corrected chi connectivity index (χ1v) is 7.70. The monoisotopic (exact) mass is 367 g/mol. The van der Waals surface area contributed by atoms with Gasteiger partial charge in [-0.05, 0) is 18.2 Å². The lowest BCUT2D eigenvalue weighted by molar-refractivity contribution is -0.252. The summed E-state index contributed by atoms with van der Waals surface area (Å²) in [4.78, 5) is 24.4. The van der Waals surface area contributed by atoms with Gasteiger partial charge in [0.1, 0.15) is 41.2 Å². The largest absolute Gasteiger partial charge is 0.508 e. The van der Waals surface area contributed by atoms with Crippen molar-refractivity contribution in [3.8, 4) is 5.75 Å². The minimum Gasteiger partial charge on any atom is -0.508 e. The number of phenolic OH excluding ortho intramolecular Hbond substituents is 1. The molecule has 10 heteroatoms. The maximum atomic E-state index is 12.4. The van der Waals surface area contributed by atoms with E-state index >= 15 is 0 Å². The molecule has 2 heterocycles. The molecule has 3 unspecified atom stereocenters. The number of benzene rings is 1. The topological polar surface area (TPSA) is 170 Å². The average molecular weight is 367 g/mol. The molecular weight excluding hydrogens is 350 g/mol. The standard InChI is InChI=1S/C16H17NO9/c18-5-10-12(20)13(21)11(16(24)26-10)17-14(22)8-3-6-1-2-7(19)4-9(6)25-15(8)23/h1-4,10-13,16,18-21,24H,5H2,(H,17,22)/t10?,11?,12-,13-,16?/m1/s1. The number of rotatable bonds is 3. The normalized spacial score (nSPS) is 28.8. The first kappa shape index (κ1) is 18.3. The molecule has 2 aromatic rings. The van der Waals surface area contributed by atoms with E-state index in [1.54, 1.807) is 0 Å². The molecule has 0 aliphatic carbocycles. The van der Waals surface area contributed by atoms with Gasteiger partial charge in [-0.3, -0.25) is 4.79 Å². The number of aliphatic hydroxyl groups excluding tert-OH is 4. The van der Waals surface area contributed by atoms with E-state index in [0.29, 0.717) is 5.39 Å². The highest BCUT2D eigenvalue weighted by Crippen LogP contribution is 2.21. The summed E-state index contributed by atoms with van der Waals surface area (Å²) in [5, 5.41) is 50.7. The fourth-order valence-corrected chi connectivity index (χ4v) is 2.74. The molecule has 1 aromatic carbocycles. The van der Waals surface area contributed by atoms with Gasteiger partial charge in [0.2, 0.25) is 0 Å². The Balaban J connectivity index is 1.86. The van der Waals surface area contributed by atoms with Crippen molar-refractivity contribution in [3.05, 3.63) is 40.2 Å². The van der Waals surface area contributed by atoms with Crippen LogP contribution in [0.2, 0.25) is 0 Å². The Morgan fingerprint density at radius 2 is 1.88 bits per heavy atom. The van der Waals surface area contributed by atoms with E-state index in [-0.39, 0.29) is 11.3 Å². The van der Waals surface area contributed by atoms with E-state index in [0.717, 1.165) is 0 Å². The first-order chi connectivity index (χ1) is 12.3. The lowest BCUT2D eigenvalue weighted by Gasteiger charge is -2.40. The van der Waals surface area contributed by atoms with Gasteiger partial charge < -0.3 is 40.0 Å². The fraction of sp³-hybridized carbons (Fsp3) is 0.375. The van der Waals surface area contributed by atoms with Crippen molar-refractivity contribution in [1.29, 1.82) is 0 Å². The quantitative estimate of drug-likeness (QED) is 0.337. The number of aromatic hydroxyl groups is 1. The van der Waals surface area contributed by atoms with E-state index in [4.69, 9.17) is 14.3 Å². The molecule has 5 atom stereocenters. The molecule has 0 radical (unpaired) electrons. The van der Waals surface area contributed by atoms with Crippen molar-refractivity contribution in [3.63, 3.8) is 0 Å². The highest BCUT2D eigenvalue weighted by Gasteiger charge is 2.44. The molecule has 6 N–H and O–H groups in total. The molecule has 0 spiro atoms. The number of ether oxygens (including phenoxy) is 1. The lowest BCUT2D eigenvalue weighted by atomic mass is 9.97. The molecule has 3 rings (SSSR count). The van der Waals surface area contributed by atoms with Gasteiger partial charge in [0.15, 0.2) is 6.29 Å². The Morgan fingerprint density at radius 1 is 1.15 bits per heavy atom. The van der Waals surface area contributed by atoms with Crippen molar-refractivity contribution < 1.29 is 39.5 Å². The van der Waals surface area contributed by atoms with E-state index in [1.807, 2.05) is 0 Å². The van der Waals surface area contributed by atoms with Gasteiger partial charge in [0.25, 0.3) is 5.91 Å². The second-order valence-corrected chi connectivity index (χ2v) is 5.90.